The van der Waals surface area contributed by atoms with E-state index in [0.717, 1.165) is 31.6 Å². The molecular formula is C41H73N5O11. The van der Waals surface area contributed by atoms with Crippen LogP contribution in [0, 0.1) is 5.92 Å². The Morgan fingerprint density at radius 2 is 0.772 bits per heavy atom. The zero-order valence-corrected chi connectivity index (χ0v) is 35.0. The van der Waals surface area contributed by atoms with Gasteiger partial charge in [0.05, 0.1) is 6.04 Å². The Balaban J connectivity index is 4.42. The van der Waals surface area contributed by atoms with E-state index in [4.69, 9.17) is 0 Å². The molecule has 0 rings (SSSR count). The predicted octanol–water partition coefficient (Wildman–Crippen LogP) is 4.62. The van der Waals surface area contributed by atoms with E-state index in [1.54, 1.807) is 7.05 Å². The Morgan fingerprint density at radius 3 is 1.14 bits per heavy atom. The molecule has 0 aliphatic rings. The van der Waals surface area contributed by atoms with Gasteiger partial charge < -0.3 is 41.9 Å². The molecule has 0 bridgehead atoms. The number of carboxylic acids is 3. The topological polar surface area (TPSA) is 257 Å². The highest BCUT2D eigenvalue weighted by atomic mass is 16.4. The lowest BCUT2D eigenvalue weighted by Gasteiger charge is -2.18. The Hall–Kier alpha value is -4.08. The molecule has 8 N–H and O–H groups in total. The largest absolute Gasteiger partial charge is 0.480 e. The third kappa shape index (κ3) is 29.8. The molecule has 4 atom stereocenters. The van der Waals surface area contributed by atoms with E-state index < -0.39 is 72.5 Å². The Bertz CT molecular complexity index is 1230. The smallest absolute Gasteiger partial charge is 0.326 e. The monoisotopic (exact) mass is 812 g/mol. The highest BCUT2D eigenvalue weighted by Gasteiger charge is 2.26. The average Bonchev–Trinajstić information content (AvgIpc) is 3.14. The molecule has 0 saturated heterocycles. The molecule has 4 amide bonds. The Kier molecular flexibility index (Phi) is 30.6. The summed E-state index contributed by atoms with van der Waals surface area (Å²) in [6.45, 7) is 6.36. The van der Waals surface area contributed by atoms with Gasteiger partial charge in [0.15, 0.2) is 0 Å². The zero-order chi connectivity index (χ0) is 43.0. The number of hydrogen-bond donors (Lipinski definition) is 8. The molecule has 0 aliphatic heterocycles. The summed E-state index contributed by atoms with van der Waals surface area (Å²) in [4.78, 5) is 96.3. The van der Waals surface area contributed by atoms with E-state index in [1.807, 2.05) is 0 Å². The molecule has 0 aliphatic carbocycles. The molecule has 0 saturated carbocycles. The normalized spacial score (nSPS) is 13.2. The van der Waals surface area contributed by atoms with Gasteiger partial charge in [-0.1, -0.05) is 90.9 Å². The molecule has 0 fully saturated rings. The summed E-state index contributed by atoms with van der Waals surface area (Å²) in [6, 6.07) is -4.52. The third-order valence-corrected chi connectivity index (χ3v) is 9.90. The molecular weight excluding hydrogens is 738 g/mol. The van der Waals surface area contributed by atoms with Crippen LogP contribution in [0.1, 0.15) is 168 Å². The number of aliphatic carboxylic acids is 3. The van der Waals surface area contributed by atoms with Crippen LogP contribution in [-0.2, 0) is 38.4 Å². The maximum Gasteiger partial charge on any atom is 0.326 e. The summed E-state index contributed by atoms with van der Waals surface area (Å²) in [5, 5.41) is 41.2. The summed E-state index contributed by atoms with van der Waals surface area (Å²) in [7, 11) is 1.70. The number of ketones is 1. The SMILES string of the molecule is CN[C@@H](CCCCNC(=O)CC[C@H](NC(=O)CC[C@H](NC(=O)CC[C@H](NC(=O)CCCCCCCCCCCCCCC(C)C)C(=O)O)C(=O)O)C(=O)O)C(C)=O. The highest BCUT2D eigenvalue weighted by Crippen LogP contribution is 2.15. The van der Waals surface area contributed by atoms with E-state index in [-0.39, 0.29) is 43.9 Å². The summed E-state index contributed by atoms with van der Waals surface area (Å²) < 4.78 is 0. The Morgan fingerprint density at radius 1 is 0.421 bits per heavy atom. The molecule has 0 radical (unpaired) electrons. The minimum absolute atomic E-state index is 0.0238. The van der Waals surface area contributed by atoms with Gasteiger partial charge in [-0.25, -0.2) is 14.4 Å². The van der Waals surface area contributed by atoms with Crippen molar-refractivity contribution in [1.82, 2.24) is 26.6 Å². The van der Waals surface area contributed by atoms with Crippen LogP contribution >= 0.6 is 0 Å². The van der Waals surface area contributed by atoms with Gasteiger partial charge in [-0.2, -0.15) is 0 Å². The van der Waals surface area contributed by atoms with Crippen molar-refractivity contribution in [1.29, 1.82) is 0 Å². The second-order valence-corrected chi connectivity index (χ2v) is 15.5. The first-order valence-electron chi connectivity index (χ1n) is 21.1. The molecule has 328 valence electrons. The van der Waals surface area contributed by atoms with Gasteiger partial charge in [0.2, 0.25) is 23.6 Å². The molecule has 0 spiro atoms. The number of Topliss-reactive ketones (excluding diaryl/α,β-unsaturated/α-hetero) is 1. The minimum atomic E-state index is -1.52. The predicted molar refractivity (Wildman–Crippen MR) is 216 cm³/mol. The minimum Gasteiger partial charge on any atom is -0.480 e. The fourth-order valence-electron chi connectivity index (χ4n) is 6.34. The number of likely N-dealkylation sites (N-methyl/N-ethyl adjacent to an activating group) is 1. The number of carboxylic acid groups (broad SMARTS) is 3. The molecule has 0 aromatic carbocycles. The first-order valence-corrected chi connectivity index (χ1v) is 21.1. The Labute approximate surface area is 339 Å². The lowest BCUT2D eigenvalue weighted by atomic mass is 10.0. The summed E-state index contributed by atoms with van der Waals surface area (Å²) >= 11 is 0. The first-order chi connectivity index (χ1) is 27.1. The molecule has 57 heavy (non-hydrogen) atoms. The zero-order valence-electron chi connectivity index (χ0n) is 35.0. The maximum absolute atomic E-state index is 12.5. The molecule has 0 heterocycles. The van der Waals surface area contributed by atoms with Crippen molar-refractivity contribution in [3.8, 4) is 0 Å². The van der Waals surface area contributed by atoms with Crippen LogP contribution in [0.3, 0.4) is 0 Å². The standard InChI is InChI=1S/C41H73N5O11/c1-29(2)19-15-13-11-9-7-5-6-8-10-12-14-16-21-36(49)44-33(40(54)55)23-26-38(51)46-34(41(56)57)24-27-37(50)45-32(39(52)53)22-25-35(48)43-28-18-17-20-31(42-4)30(3)47/h29,31-34,42H,5-28H2,1-4H3,(H,43,48)(H,44,49)(H,45,50)(H,46,51)(H,52,53)(H,54,55)(H,56,57)/t31-,32-,33-,34-/m0/s1. The maximum atomic E-state index is 12.5. The van der Waals surface area contributed by atoms with E-state index in [2.05, 4.69) is 40.4 Å². The first kappa shape index (κ1) is 52.9. The third-order valence-electron chi connectivity index (χ3n) is 9.90. The van der Waals surface area contributed by atoms with Gasteiger partial charge in [-0.3, -0.25) is 24.0 Å². The summed E-state index contributed by atoms with van der Waals surface area (Å²) in [6.07, 6.45) is 15.2. The number of unbranched alkanes of at least 4 members (excludes halogenated alkanes) is 12. The number of carbonyl (C=O) groups is 8. The van der Waals surface area contributed by atoms with Crippen LogP contribution in [0.4, 0.5) is 0 Å². The van der Waals surface area contributed by atoms with E-state index in [0.29, 0.717) is 32.2 Å². The van der Waals surface area contributed by atoms with E-state index >= 15 is 0 Å². The lowest BCUT2D eigenvalue weighted by molar-refractivity contribution is -0.144. The van der Waals surface area contributed by atoms with E-state index in [9.17, 15) is 53.7 Å². The number of rotatable bonds is 37. The van der Waals surface area contributed by atoms with Crippen LogP contribution in [0.2, 0.25) is 0 Å². The fourth-order valence-corrected chi connectivity index (χ4v) is 6.34. The average molecular weight is 812 g/mol. The second kappa shape index (κ2) is 32.9. The van der Waals surface area contributed by atoms with Crippen molar-refractivity contribution in [3.63, 3.8) is 0 Å². The van der Waals surface area contributed by atoms with Gasteiger partial charge in [-0.15, -0.1) is 0 Å². The molecule has 16 nitrogen and oxygen atoms in total. The van der Waals surface area contributed by atoms with Crippen LogP contribution < -0.4 is 26.6 Å². The molecule has 0 aromatic rings. The van der Waals surface area contributed by atoms with Crippen LogP contribution in [0.25, 0.3) is 0 Å². The highest BCUT2D eigenvalue weighted by molar-refractivity contribution is 5.87. The second-order valence-electron chi connectivity index (χ2n) is 15.5. The van der Waals surface area contributed by atoms with Crippen LogP contribution in [-0.4, -0.2) is 100 Å². The van der Waals surface area contributed by atoms with Crippen molar-refractivity contribution < 1.29 is 53.7 Å². The van der Waals surface area contributed by atoms with Gasteiger partial charge in [-0.05, 0) is 64.8 Å². The molecule has 0 unspecified atom stereocenters. The molecule has 16 heteroatoms. The van der Waals surface area contributed by atoms with Gasteiger partial charge in [0.1, 0.15) is 23.9 Å². The van der Waals surface area contributed by atoms with Crippen molar-refractivity contribution in [3.05, 3.63) is 0 Å². The van der Waals surface area contributed by atoms with Crippen molar-refractivity contribution in [2.45, 2.75) is 193 Å². The number of amides is 4. The van der Waals surface area contributed by atoms with Gasteiger partial charge in [0, 0.05) is 32.2 Å². The van der Waals surface area contributed by atoms with Gasteiger partial charge in [0.25, 0.3) is 0 Å². The van der Waals surface area contributed by atoms with Gasteiger partial charge >= 0.3 is 17.9 Å². The van der Waals surface area contributed by atoms with Crippen molar-refractivity contribution in [2.24, 2.45) is 5.92 Å². The number of hydrogen-bond acceptors (Lipinski definition) is 9. The summed E-state index contributed by atoms with van der Waals surface area (Å²) in [5.41, 5.74) is 0. The van der Waals surface area contributed by atoms with Crippen LogP contribution in [0.15, 0.2) is 0 Å². The van der Waals surface area contributed by atoms with Crippen LogP contribution in [0.5, 0.6) is 0 Å². The quantitative estimate of drug-likeness (QED) is 0.0400. The lowest BCUT2D eigenvalue weighted by Crippen LogP contribution is -2.45. The van der Waals surface area contributed by atoms with Crippen molar-refractivity contribution in [2.75, 3.05) is 13.6 Å². The summed E-state index contributed by atoms with van der Waals surface area (Å²) in [5.74, 6) is -5.78. The molecule has 0 aromatic heterocycles. The number of carbonyl (C=O) groups excluding carboxylic acids is 5. The number of nitrogens with one attached hydrogen (secondary N) is 5. The fraction of sp³-hybridized carbons (Fsp3) is 0.805. The van der Waals surface area contributed by atoms with Crippen molar-refractivity contribution >= 4 is 47.3 Å². The van der Waals surface area contributed by atoms with E-state index in [1.165, 1.54) is 58.3 Å².